The van der Waals surface area contributed by atoms with Gasteiger partial charge in [0.25, 0.3) is 5.56 Å². The molecule has 0 bridgehead atoms. The Kier molecular flexibility index (Phi) is 6.02. The summed E-state index contributed by atoms with van der Waals surface area (Å²) in [5.74, 6) is 0. The number of hydrogen-bond donors (Lipinski definition) is 0. The Balaban J connectivity index is 1.37. The average Bonchev–Trinajstić information content (AvgIpc) is 2.92. The van der Waals surface area contributed by atoms with Gasteiger partial charge in [-0.25, -0.2) is 4.68 Å². The highest BCUT2D eigenvalue weighted by Crippen LogP contribution is 2.20. The minimum absolute atomic E-state index is 0.0853. The molecule has 6 nitrogen and oxygen atoms in total. The third kappa shape index (κ3) is 4.35. The van der Waals surface area contributed by atoms with Crippen LogP contribution < -0.4 is 5.56 Å². The lowest BCUT2D eigenvalue weighted by Gasteiger charge is -2.28. The largest absolute Gasteiger partial charge is 0.380 e. The van der Waals surface area contributed by atoms with Crippen molar-refractivity contribution in [1.82, 2.24) is 19.6 Å². The zero-order valence-electron chi connectivity index (χ0n) is 15.9. The molecular weight excluding hydrogens is 328 g/mol. The molecule has 4 rings (SSSR count). The third-order valence-electron chi connectivity index (χ3n) is 6.17. The van der Waals surface area contributed by atoms with E-state index in [9.17, 15) is 4.79 Å². The van der Waals surface area contributed by atoms with Crippen LogP contribution in [0.4, 0.5) is 0 Å². The monoisotopic (exact) mass is 360 g/mol. The summed E-state index contributed by atoms with van der Waals surface area (Å²) in [4.78, 5) is 17.6. The molecular formula is C20H32N4O2. The van der Waals surface area contributed by atoms with Crippen molar-refractivity contribution in [1.29, 1.82) is 0 Å². The Labute approximate surface area is 156 Å². The second-order valence-electron chi connectivity index (χ2n) is 7.98. The maximum absolute atomic E-state index is 12.5. The van der Waals surface area contributed by atoms with Gasteiger partial charge in [0.1, 0.15) is 0 Å². The van der Waals surface area contributed by atoms with Gasteiger partial charge >= 0.3 is 0 Å². The fourth-order valence-electron chi connectivity index (χ4n) is 4.62. The Morgan fingerprint density at radius 3 is 2.92 bits per heavy atom. The summed E-state index contributed by atoms with van der Waals surface area (Å²) >= 11 is 0. The number of likely N-dealkylation sites (tertiary alicyclic amines) is 1. The van der Waals surface area contributed by atoms with Crippen LogP contribution in [0.5, 0.6) is 0 Å². The van der Waals surface area contributed by atoms with E-state index in [-0.39, 0.29) is 5.56 Å². The highest BCUT2D eigenvalue weighted by Gasteiger charge is 2.26. The zero-order valence-corrected chi connectivity index (χ0v) is 15.9. The van der Waals surface area contributed by atoms with Gasteiger partial charge < -0.3 is 4.74 Å². The van der Waals surface area contributed by atoms with E-state index in [4.69, 9.17) is 9.84 Å². The van der Waals surface area contributed by atoms with Crippen molar-refractivity contribution < 1.29 is 4.74 Å². The van der Waals surface area contributed by atoms with E-state index in [1.165, 1.54) is 31.2 Å². The van der Waals surface area contributed by atoms with Crippen molar-refractivity contribution in [3.63, 3.8) is 0 Å². The average molecular weight is 361 g/mol. The van der Waals surface area contributed by atoms with Gasteiger partial charge in [0.15, 0.2) is 0 Å². The maximum atomic E-state index is 12.5. The normalized spacial score (nSPS) is 25.2. The van der Waals surface area contributed by atoms with Crippen LogP contribution in [0, 0.1) is 0 Å². The Morgan fingerprint density at radius 2 is 1.96 bits per heavy atom. The molecule has 6 heteroatoms. The molecule has 1 aliphatic carbocycles. The van der Waals surface area contributed by atoms with Gasteiger partial charge in [0.05, 0.1) is 18.8 Å². The van der Waals surface area contributed by atoms with Crippen molar-refractivity contribution in [2.75, 3.05) is 45.9 Å². The van der Waals surface area contributed by atoms with Crippen LogP contribution in [0.1, 0.15) is 43.4 Å². The van der Waals surface area contributed by atoms with E-state index in [0.29, 0.717) is 6.04 Å². The Hall–Kier alpha value is -1.24. The quantitative estimate of drug-likeness (QED) is 0.792. The molecule has 1 aromatic rings. The molecule has 1 atom stereocenters. The molecule has 0 saturated carbocycles. The second kappa shape index (κ2) is 8.63. The Morgan fingerprint density at radius 1 is 1.04 bits per heavy atom. The molecule has 0 amide bonds. The molecule has 1 aromatic heterocycles. The van der Waals surface area contributed by atoms with Gasteiger partial charge in [-0.15, -0.1) is 0 Å². The van der Waals surface area contributed by atoms with Gasteiger partial charge in [-0.1, -0.05) is 0 Å². The number of ether oxygens (including phenoxy) is 1. The first kappa shape index (κ1) is 18.1. The van der Waals surface area contributed by atoms with Crippen molar-refractivity contribution >= 4 is 0 Å². The van der Waals surface area contributed by atoms with Crippen molar-refractivity contribution in [3.05, 3.63) is 27.7 Å². The number of rotatable bonds is 5. The van der Waals surface area contributed by atoms with E-state index >= 15 is 0 Å². The summed E-state index contributed by atoms with van der Waals surface area (Å²) in [5.41, 5.74) is 2.43. The summed E-state index contributed by atoms with van der Waals surface area (Å²) in [6.45, 7) is 8.03. The predicted molar refractivity (Wildman–Crippen MR) is 102 cm³/mol. The van der Waals surface area contributed by atoms with Gasteiger partial charge in [-0.2, -0.15) is 5.10 Å². The highest BCUT2D eigenvalue weighted by atomic mass is 16.5. The molecule has 1 unspecified atom stereocenters. The van der Waals surface area contributed by atoms with Crippen LogP contribution in [-0.4, -0.2) is 71.6 Å². The fraction of sp³-hybridized carbons (Fsp3) is 0.800. The highest BCUT2D eigenvalue weighted by molar-refractivity contribution is 5.20. The number of aryl methyl sites for hydroxylation is 2. The van der Waals surface area contributed by atoms with Crippen LogP contribution in [0.2, 0.25) is 0 Å². The van der Waals surface area contributed by atoms with Crippen molar-refractivity contribution in [2.24, 2.45) is 0 Å². The maximum Gasteiger partial charge on any atom is 0.267 e. The first-order chi connectivity index (χ1) is 12.8. The second-order valence-corrected chi connectivity index (χ2v) is 7.98. The van der Waals surface area contributed by atoms with Crippen molar-refractivity contribution in [3.8, 4) is 0 Å². The Bertz CT molecular complexity index is 652. The topological polar surface area (TPSA) is 50.6 Å². The summed E-state index contributed by atoms with van der Waals surface area (Å²) in [5, 5.41) is 4.72. The number of hydrogen-bond acceptors (Lipinski definition) is 5. The van der Waals surface area contributed by atoms with Gasteiger partial charge in [0, 0.05) is 44.9 Å². The molecule has 3 heterocycles. The molecule has 2 fully saturated rings. The number of fused-ring (bicyclic) bond motifs is 1. The summed E-state index contributed by atoms with van der Waals surface area (Å²) in [7, 11) is 0. The molecule has 2 saturated heterocycles. The van der Waals surface area contributed by atoms with Crippen LogP contribution in [0.3, 0.4) is 0 Å². The summed E-state index contributed by atoms with van der Waals surface area (Å²) < 4.78 is 7.30. The zero-order chi connectivity index (χ0) is 17.8. The first-order valence-electron chi connectivity index (χ1n) is 10.4. The van der Waals surface area contributed by atoms with Crippen LogP contribution in [0.25, 0.3) is 0 Å². The molecule has 2 aliphatic heterocycles. The summed E-state index contributed by atoms with van der Waals surface area (Å²) in [6.07, 6.45) is 7.98. The minimum Gasteiger partial charge on any atom is -0.380 e. The molecule has 26 heavy (non-hydrogen) atoms. The van der Waals surface area contributed by atoms with E-state index in [1.807, 2.05) is 6.07 Å². The van der Waals surface area contributed by atoms with Crippen LogP contribution in [0.15, 0.2) is 10.9 Å². The molecule has 3 aliphatic rings. The molecule has 0 aromatic carbocycles. The SMILES string of the molecule is O=c1cc2c(nn1CC1CCCN1CCN1CCCOCC1)CCCC2. The molecule has 0 spiro atoms. The van der Waals surface area contributed by atoms with E-state index < -0.39 is 0 Å². The van der Waals surface area contributed by atoms with Gasteiger partial charge in [-0.05, 0) is 57.1 Å². The lowest BCUT2D eigenvalue weighted by Crippen LogP contribution is -2.42. The molecule has 0 radical (unpaired) electrons. The van der Waals surface area contributed by atoms with Crippen molar-refractivity contribution in [2.45, 2.75) is 57.5 Å². The standard InChI is InChI=1S/C20H32N4O2/c25-20-15-17-5-1-2-7-19(17)21-24(20)16-18-6-3-9-23(18)11-10-22-8-4-13-26-14-12-22/h15,18H,1-14,16H2. The van der Waals surface area contributed by atoms with Crippen LogP contribution >= 0.6 is 0 Å². The van der Waals surface area contributed by atoms with Gasteiger partial charge in [0.2, 0.25) is 0 Å². The van der Waals surface area contributed by atoms with E-state index in [2.05, 4.69) is 9.80 Å². The van der Waals surface area contributed by atoms with Crippen LogP contribution in [-0.2, 0) is 24.1 Å². The summed E-state index contributed by atoms with van der Waals surface area (Å²) in [6, 6.07) is 2.29. The lowest BCUT2D eigenvalue weighted by molar-refractivity contribution is 0.135. The fourth-order valence-corrected chi connectivity index (χ4v) is 4.62. The van der Waals surface area contributed by atoms with E-state index in [0.717, 1.165) is 77.4 Å². The van der Waals surface area contributed by atoms with E-state index in [1.54, 1.807) is 4.68 Å². The van der Waals surface area contributed by atoms with Gasteiger partial charge in [-0.3, -0.25) is 14.6 Å². The molecule has 0 N–H and O–H groups in total. The minimum atomic E-state index is 0.0853. The lowest BCUT2D eigenvalue weighted by atomic mass is 9.97. The molecule has 144 valence electrons. The number of aromatic nitrogens is 2. The smallest absolute Gasteiger partial charge is 0.267 e. The first-order valence-corrected chi connectivity index (χ1v) is 10.4. The third-order valence-corrected chi connectivity index (χ3v) is 6.17. The number of nitrogens with zero attached hydrogens (tertiary/aromatic N) is 4. The predicted octanol–water partition coefficient (Wildman–Crippen LogP) is 1.31.